The van der Waals surface area contributed by atoms with Gasteiger partial charge in [0.2, 0.25) is 0 Å². The van der Waals surface area contributed by atoms with Crippen LogP contribution in [0.25, 0.3) is 6.08 Å². The zero-order valence-electron chi connectivity index (χ0n) is 11.7. The lowest BCUT2D eigenvalue weighted by atomic mass is 9.90. The Hall–Kier alpha value is -0.645. The van der Waals surface area contributed by atoms with E-state index in [-0.39, 0.29) is 18.3 Å². The first-order chi connectivity index (χ1) is 8.34. The van der Waals surface area contributed by atoms with Gasteiger partial charge in [-0.05, 0) is 40.2 Å². The summed E-state index contributed by atoms with van der Waals surface area (Å²) in [6.45, 7) is 10.3. The molecule has 3 nitrogen and oxygen atoms in total. The van der Waals surface area contributed by atoms with Gasteiger partial charge >= 0.3 is 7.12 Å². The first-order valence-electron chi connectivity index (χ1n) is 6.32. The number of aromatic nitrogens is 1. The summed E-state index contributed by atoms with van der Waals surface area (Å²) < 4.78 is 11.8. The molecule has 1 aliphatic heterocycles. The third-order valence-electron chi connectivity index (χ3n) is 3.57. The van der Waals surface area contributed by atoms with Crippen LogP contribution >= 0.6 is 11.3 Å². The summed E-state index contributed by atoms with van der Waals surface area (Å²) in [5.74, 6) is 1.94. The van der Waals surface area contributed by atoms with Gasteiger partial charge in [0.25, 0.3) is 0 Å². The summed E-state index contributed by atoms with van der Waals surface area (Å²) in [5, 5.41) is 3.21. The van der Waals surface area contributed by atoms with Crippen LogP contribution in [0.15, 0.2) is 11.4 Å². The highest BCUT2D eigenvalue weighted by atomic mass is 32.1. The molecule has 1 aliphatic rings. The topological polar surface area (TPSA) is 31.4 Å². The van der Waals surface area contributed by atoms with Gasteiger partial charge < -0.3 is 9.31 Å². The Morgan fingerprint density at radius 3 is 2.39 bits per heavy atom. The van der Waals surface area contributed by atoms with Crippen molar-refractivity contribution in [3.63, 3.8) is 0 Å². The van der Waals surface area contributed by atoms with Crippen LogP contribution in [-0.2, 0) is 15.7 Å². The lowest BCUT2D eigenvalue weighted by Crippen LogP contribution is -2.41. The zero-order chi connectivity index (χ0) is 13.4. The van der Waals surface area contributed by atoms with Crippen molar-refractivity contribution in [3.8, 4) is 0 Å². The molecule has 1 aromatic heterocycles. The van der Waals surface area contributed by atoms with Crippen molar-refractivity contribution in [1.82, 2.24) is 4.98 Å². The van der Waals surface area contributed by atoms with E-state index in [1.807, 2.05) is 12.1 Å². The summed E-state index contributed by atoms with van der Waals surface area (Å²) in [5.41, 5.74) is 0.420. The number of thiazole rings is 1. The van der Waals surface area contributed by atoms with Crippen LogP contribution in [0.3, 0.4) is 0 Å². The van der Waals surface area contributed by atoms with E-state index in [2.05, 4.69) is 45.0 Å². The predicted octanol–water partition coefficient (Wildman–Crippen LogP) is 3.35. The lowest BCUT2D eigenvalue weighted by Gasteiger charge is -2.32. The second kappa shape index (κ2) is 4.80. The van der Waals surface area contributed by atoms with Crippen molar-refractivity contribution in [2.45, 2.75) is 52.2 Å². The van der Waals surface area contributed by atoms with E-state index in [1.165, 1.54) is 0 Å². The van der Waals surface area contributed by atoms with E-state index in [4.69, 9.17) is 9.31 Å². The molecule has 5 heteroatoms. The van der Waals surface area contributed by atoms with Crippen LogP contribution in [-0.4, -0.2) is 23.3 Å². The predicted molar refractivity (Wildman–Crippen MR) is 76.6 cm³/mol. The van der Waals surface area contributed by atoms with Crippen LogP contribution in [0.4, 0.5) is 0 Å². The first kappa shape index (κ1) is 13.8. The van der Waals surface area contributed by atoms with Gasteiger partial charge in [-0.3, -0.25) is 0 Å². The Bertz CT molecular complexity index is 438. The molecule has 0 amide bonds. The Labute approximate surface area is 113 Å². The fourth-order valence-electron chi connectivity index (χ4n) is 1.71. The molecular formula is C13H20BNO2S. The average molecular weight is 265 g/mol. The quantitative estimate of drug-likeness (QED) is 0.785. The summed E-state index contributed by atoms with van der Waals surface area (Å²) in [6.07, 6.45) is 2.95. The van der Waals surface area contributed by atoms with Crippen molar-refractivity contribution < 1.29 is 9.31 Å². The summed E-state index contributed by atoms with van der Waals surface area (Å²) in [7, 11) is -0.290. The van der Waals surface area contributed by atoms with Crippen LogP contribution in [0.1, 0.15) is 45.3 Å². The normalized spacial score (nSPS) is 21.9. The zero-order valence-corrected chi connectivity index (χ0v) is 12.5. The highest BCUT2D eigenvalue weighted by Crippen LogP contribution is 2.37. The van der Waals surface area contributed by atoms with Crippen molar-refractivity contribution in [1.29, 1.82) is 0 Å². The molecule has 0 radical (unpaired) electrons. The number of nitrogens with zero attached hydrogens (tertiary/aromatic N) is 1. The molecule has 1 aromatic rings. The molecule has 2 heterocycles. The second-order valence-electron chi connectivity index (χ2n) is 5.50. The summed E-state index contributed by atoms with van der Waals surface area (Å²) in [4.78, 5) is 4.48. The van der Waals surface area contributed by atoms with Crippen LogP contribution < -0.4 is 0 Å². The standard InChI is InChI=1S/C13H20BNO2S/c1-6-11-15-10(9-18-11)7-8-14-16-12(2,3)13(4,5)17-14/h7-9H,6H2,1-5H3/b8-7+. The molecule has 98 valence electrons. The third-order valence-corrected chi connectivity index (χ3v) is 4.58. The number of aryl methyl sites for hydroxylation is 1. The maximum Gasteiger partial charge on any atom is 0.487 e. The van der Waals surface area contributed by atoms with Gasteiger partial charge in [-0.2, -0.15) is 0 Å². The fourth-order valence-corrected chi connectivity index (χ4v) is 2.42. The van der Waals surface area contributed by atoms with Crippen LogP contribution in [0, 0.1) is 0 Å². The number of rotatable bonds is 3. The molecule has 0 unspecified atom stereocenters. The van der Waals surface area contributed by atoms with Gasteiger partial charge in [-0.25, -0.2) is 4.98 Å². The van der Waals surface area contributed by atoms with E-state index in [1.54, 1.807) is 11.3 Å². The monoisotopic (exact) mass is 265 g/mol. The molecule has 0 aliphatic carbocycles. The van der Waals surface area contributed by atoms with Crippen molar-refractivity contribution >= 4 is 24.5 Å². The third kappa shape index (κ3) is 2.68. The highest BCUT2D eigenvalue weighted by molar-refractivity contribution is 7.09. The SMILES string of the molecule is CCc1nc(/C=C/B2OC(C)(C)C(C)(C)O2)cs1. The molecule has 0 N–H and O–H groups in total. The molecule has 1 fully saturated rings. The lowest BCUT2D eigenvalue weighted by molar-refractivity contribution is 0.00578. The Morgan fingerprint density at radius 1 is 1.28 bits per heavy atom. The molecule has 0 atom stereocenters. The maximum absolute atomic E-state index is 5.89. The maximum atomic E-state index is 5.89. The van der Waals surface area contributed by atoms with Gasteiger partial charge in [0, 0.05) is 5.38 Å². The van der Waals surface area contributed by atoms with E-state index in [9.17, 15) is 0 Å². The minimum absolute atomic E-state index is 0.279. The van der Waals surface area contributed by atoms with Gasteiger partial charge in [0.05, 0.1) is 21.9 Å². The minimum Gasteiger partial charge on any atom is -0.400 e. The van der Waals surface area contributed by atoms with Gasteiger partial charge in [-0.15, -0.1) is 11.3 Å². The van der Waals surface area contributed by atoms with E-state index >= 15 is 0 Å². The molecule has 2 rings (SSSR count). The number of hydrogen-bond acceptors (Lipinski definition) is 4. The Morgan fingerprint density at radius 2 is 1.89 bits per heavy atom. The second-order valence-corrected chi connectivity index (χ2v) is 6.45. The molecule has 1 saturated heterocycles. The smallest absolute Gasteiger partial charge is 0.400 e. The Balaban J connectivity index is 2.03. The Kier molecular flexibility index (Phi) is 3.67. The van der Waals surface area contributed by atoms with Crippen molar-refractivity contribution in [3.05, 3.63) is 22.1 Å². The van der Waals surface area contributed by atoms with Gasteiger partial charge in [0.1, 0.15) is 0 Å². The van der Waals surface area contributed by atoms with Gasteiger partial charge in [0.15, 0.2) is 0 Å². The number of hydrogen-bond donors (Lipinski definition) is 0. The largest absolute Gasteiger partial charge is 0.487 e. The highest BCUT2D eigenvalue weighted by Gasteiger charge is 2.49. The molecular weight excluding hydrogens is 245 g/mol. The molecule has 0 saturated carbocycles. The van der Waals surface area contributed by atoms with Crippen LogP contribution in [0.2, 0.25) is 0 Å². The van der Waals surface area contributed by atoms with Crippen LogP contribution in [0.5, 0.6) is 0 Å². The van der Waals surface area contributed by atoms with Crippen molar-refractivity contribution in [2.75, 3.05) is 0 Å². The average Bonchev–Trinajstić information content (AvgIpc) is 2.79. The molecule has 18 heavy (non-hydrogen) atoms. The molecule has 0 spiro atoms. The van der Waals surface area contributed by atoms with E-state index in [0.29, 0.717) is 0 Å². The molecule has 0 aromatic carbocycles. The van der Waals surface area contributed by atoms with E-state index < -0.39 is 0 Å². The summed E-state index contributed by atoms with van der Waals surface area (Å²) >= 11 is 1.69. The van der Waals surface area contributed by atoms with Gasteiger partial charge in [-0.1, -0.05) is 12.9 Å². The fraction of sp³-hybridized carbons (Fsp3) is 0.615. The first-order valence-corrected chi connectivity index (χ1v) is 7.20. The van der Waals surface area contributed by atoms with E-state index in [0.717, 1.165) is 17.1 Å². The summed E-state index contributed by atoms with van der Waals surface area (Å²) in [6, 6.07) is 0. The molecule has 0 bridgehead atoms. The minimum atomic E-state index is -0.290. The van der Waals surface area contributed by atoms with Crippen molar-refractivity contribution in [2.24, 2.45) is 0 Å².